The molecule has 3 N–H and O–H groups in total. The van der Waals surface area contributed by atoms with Gasteiger partial charge in [-0.3, -0.25) is 9.78 Å². The SMILES string of the molecule is NCC(=O)Nc1nn(-c2cccc(F)c2)c2cccc(Oc3cccnc3)c12. The van der Waals surface area contributed by atoms with Crippen molar-refractivity contribution in [3.8, 4) is 17.2 Å². The average Bonchev–Trinajstić information content (AvgIpc) is 3.08. The Labute approximate surface area is 159 Å². The monoisotopic (exact) mass is 377 g/mol. The Morgan fingerprint density at radius 1 is 1.18 bits per heavy atom. The summed E-state index contributed by atoms with van der Waals surface area (Å²) in [6.45, 7) is -0.194. The molecule has 0 unspecified atom stereocenters. The summed E-state index contributed by atoms with van der Waals surface area (Å²) in [6, 6.07) is 14.9. The van der Waals surface area contributed by atoms with Crippen molar-refractivity contribution >= 4 is 22.6 Å². The molecular formula is C20H16FN5O2. The first-order chi connectivity index (χ1) is 13.7. The van der Waals surface area contributed by atoms with E-state index in [-0.39, 0.29) is 12.4 Å². The van der Waals surface area contributed by atoms with E-state index in [2.05, 4.69) is 15.4 Å². The van der Waals surface area contributed by atoms with Crippen LogP contribution in [-0.4, -0.2) is 27.2 Å². The highest BCUT2D eigenvalue weighted by Crippen LogP contribution is 2.36. The maximum atomic E-state index is 13.7. The molecule has 0 saturated heterocycles. The summed E-state index contributed by atoms with van der Waals surface area (Å²) in [5, 5.41) is 7.71. The molecule has 4 aromatic rings. The Morgan fingerprint density at radius 2 is 2.04 bits per heavy atom. The fraction of sp³-hybridized carbons (Fsp3) is 0.0500. The molecule has 0 bridgehead atoms. The van der Waals surface area contributed by atoms with E-state index in [1.165, 1.54) is 12.1 Å². The van der Waals surface area contributed by atoms with Crippen molar-refractivity contribution < 1.29 is 13.9 Å². The summed E-state index contributed by atoms with van der Waals surface area (Å²) in [4.78, 5) is 15.9. The van der Waals surface area contributed by atoms with Crippen molar-refractivity contribution in [3.63, 3.8) is 0 Å². The van der Waals surface area contributed by atoms with Crippen molar-refractivity contribution in [2.45, 2.75) is 0 Å². The number of rotatable bonds is 5. The maximum absolute atomic E-state index is 13.7. The molecule has 0 fully saturated rings. The number of nitrogens with zero attached hydrogens (tertiary/aromatic N) is 3. The molecule has 0 saturated carbocycles. The zero-order valence-electron chi connectivity index (χ0n) is 14.7. The van der Waals surface area contributed by atoms with E-state index in [4.69, 9.17) is 10.5 Å². The molecule has 0 atom stereocenters. The van der Waals surface area contributed by atoms with E-state index in [9.17, 15) is 9.18 Å². The molecule has 2 aromatic heterocycles. The van der Waals surface area contributed by atoms with E-state index in [0.717, 1.165) is 0 Å². The van der Waals surface area contributed by atoms with Crippen LogP contribution in [0.4, 0.5) is 10.2 Å². The van der Waals surface area contributed by atoms with Gasteiger partial charge in [-0.05, 0) is 42.5 Å². The van der Waals surface area contributed by atoms with E-state index >= 15 is 0 Å². The van der Waals surface area contributed by atoms with Crippen LogP contribution < -0.4 is 15.8 Å². The van der Waals surface area contributed by atoms with Gasteiger partial charge in [0.15, 0.2) is 5.82 Å². The second-order valence-corrected chi connectivity index (χ2v) is 5.93. The van der Waals surface area contributed by atoms with E-state index in [1.807, 2.05) is 0 Å². The highest BCUT2D eigenvalue weighted by molar-refractivity contribution is 6.03. The smallest absolute Gasteiger partial charge is 0.239 e. The van der Waals surface area contributed by atoms with E-state index < -0.39 is 11.7 Å². The standard InChI is InChI=1S/C20H16FN5O2/c21-13-4-1-5-14(10-13)26-16-7-2-8-17(28-15-6-3-9-23-12-15)19(16)20(25-26)24-18(27)11-22/h1-10,12H,11,22H2,(H,24,25,27). The van der Waals surface area contributed by atoms with Crippen LogP contribution in [0.3, 0.4) is 0 Å². The third-order valence-electron chi connectivity index (χ3n) is 4.03. The predicted octanol–water partition coefficient (Wildman–Crippen LogP) is 3.25. The van der Waals surface area contributed by atoms with E-state index in [1.54, 1.807) is 59.5 Å². The number of nitrogens with two attached hydrogens (primary N) is 1. The van der Waals surface area contributed by atoms with Crippen molar-refractivity contribution in [1.82, 2.24) is 14.8 Å². The minimum absolute atomic E-state index is 0.194. The molecule has 140 valence electrons. The summed E-state index contributed by atoms with van der Waals surface area (Å²) < 4.78 is 21.2. The summed E-state index contributed by atoms with van der Waals surface area (Å²) in [5.74, 6) is 0.484. The number of anilines is 1. The molecule has 0 aliphatic rings. The molecular weight excluding hydrogens is 361 g/mol. The van der Waals surface area contributed by atoms with Gasteiger partial charge in [-0.1, -0.05) is 12.1 Å². The molecule has 1 amide bonds. The van der Waals surface area contributed by atoms with Crippen molar-refractivity contribution in [2.24, 2.45) is 5.73 Å². The molecule has 0 radical (unpaired) electrons. The topological polar surface area (TPSA) is 95.1 Å². The number of pyridine rings is 1. The zero-order chi connectivity index (χ0) is 19.5. The van der Waals surface area contributed by atoms with Gasteiger partial charge < -0.3 is 15.8 Å². The number of fused-ring (bicyclic) bond motifs is 1. The lowest BCUT2D eigenvalue weighted by atomic mass is 10.2. The lowest BCUT2D eigenvalue weighted by Gasteiger charge is -2.08. The van der Waals surface area contributed by atoms with Crippen LogP contribution in [0.15, 0.2) is 67.0 Å². The number of halogens is 1. The number of amides is 1. The van der Waals surface area contributed by atoms with Crippen LogP contribution in [0.25, 0.3) is 16.6 Å². The predicted molar refractivity (Wildman–Crippen MR) is 103 cm³/mol. The Hall–Kier alpha value is -3.78. The second-order valence-electron chi connectivity index (χ2n) is 5.93. The summed E-state index contributed by atoms with van der Waals surface area (Å²) in [6.07, 6.45) is 3.22. The van der Waals surface area contributed by atoms with Crippen molar-refractivity contribution in [1.29, 1.82) is 0 Å². The molecule has 0 spiro atoms. The average molecular weight is 377 g/mol. The zero-order valence-corrected chi connectivity index (χ0v) is 14.7. The van der Waals surface area contributed by atoms with E-state index in [0.29, 0.717) is 28.1 Å². The number of hydrogen-bond donors (Lipinski definition) is 2. The number of aromatic nitrogens is 3. The minimum atomic E-state index is -0.401. The summed E-state index contributed by atoms with van der Waals surface area (Å²) in [5.41, 5.74) is 6.58. The van der Waals surface area contributed by atoms with Gasteiger partial charge in [0, 0.05) is 6.20 Å². The van der Waals surface area contributed by atoms with Crippen LogP contribution in [-0.2, 0) is 4.79 Å². The molecule has 0 aliphatic heterocycles. The summed E-state index contributed by atoms with van der Waals surface area (Å²) >= 11 is 0. The first kappa shape index (κ1) is 17.6. The molecule has 8 heteroatoms. The first-order valence-corrected chi connectivity index (χ1v) is 8.51. The number of carbonyl (C=O) groups excluding carboxylic acids is 1. The number of hydrogen-bond acceptors (Lipinski definition) is 5. The van der Waals surface area contributed by atoms with Gasteiger partial charge in [-0.25, -0.2) is 9.07 Å². The van der Waals surface area contributed by atoms with Gasteiger partial charge in [-0.15, -0.1) is 5.10 Å². The lowest BCUT2D eigenvalue weighted by molar-refractivity contribution is -0.114. The van der Waals surface area contributed by atoms with Gasteiger partial charge >= 0.3 is 0 Å². The van der Waals surface area contributed by atoms with Gasteiger partial charge in [0.2, 0.25) is 5.91 Å². The van der Waals surface area contributed by atoms with Crippen LogP contribution >= 0.6 is 0 Å². The highest BCUT2D eigenvalue weighted by Gasteiger charge is 2.18. The van der Waals surface area contributed by atoms with Gasteiger partial charge in [0.05, 0.1) is 29.3 Å². The Balaban J connectivity index is 1.90. The van der Waals surface area contributed by atoms with Gasteiger partial charge in [0.1, 0.15) is 17.3 Å². The Kier molecular flexibility index (Phi) is 4.69. The quantitative estimate of drug-likeness (QED) is 0.557. The first-order valence-electron chi connectivity index (χ1n) is 8.51. The van der Waals surface area contributed by atoms with Crippen molar-refractivity contribution in [3.05, 3.63) is 72.8 Å². The molecule has 28 heavy (non-hydrogen) atoms. The fourth-order valence-corrected chi connectivity index (χ4v) is 2.83. The number of ether oxygens (including phenoxy) is 1. The number of nitrogens with one attached hydrogen (secondary N) is 1. The van der Waals surface area contributed by atoms with Crippen molar-refractivity contribution in [2.75, 3.05) is 11.9 Å². The molecule has 2 aromatic carbocycles. The third kappa shape index (κ3) is 3.40. The third-order valence-corrected chi connectivity index (χ3v) is 4.03. The summed E-state index contributed by atoms with van der Waals surface area (Å²) in [7, 11) is 0. The fourth-order valence-electron chi connectivity index (χ4n) is 2.83. The van der Waals surface area contributed by atoms with Crippen LogP contribution in [0, 0.1) is 5.82 Å². The molecule has 7 nitrogen and oxygen atoms in total. The normalized spacial score (nSPS) is 10.8. The van der Waals surface area contributed by atoms with Crippen LogP contribution in [0.1, 0.15) is 0 Å². The van der Waals surface area contributed by atoms with Gasteiger partial charge in [-0.2, -0.15) is 0 Å². The molecule has 2 heterocycles. The number of carbonyl (C=O) groups is 1. The second kappa shape index (κ2) is 7.45. The highest BCUT2D eigenvalue weighted by atomic mass is 19.1. The Bertz CT molecular complexity index is 1140. The number of benzene rings is 2. The molecule has 4 rings (SSSR count). The van der Waals surface area contributed by atoms with Crippen LogP contribution in [0.5, 0.6) is 11.5 Å². The maximum Gasteiger partial charge on any atom is 0.239 e. The van der Waals surface area contributed by atoms with Crippen LogP contribution in [0.2, 0.25) is 0 Å². The minimum Gasteiger partial charge on any atom is -0.455 e. The molecule has 0 aliphatic carbocycles. The lowest BCUT2D eigenvalue weighted by Crippen LogP contribution is -2.22. The van der Waals surface area contributed by atoms with Gasteiger partial charge in [0.25, 0.3) is 0 Å². The Morgan fingerprint density at radius 3 is 2.79 bits per heavy atom. The largest absolute Gasteiger partial charge is 0.455 e.